The van der Waals surface area contributed by atoms with E-state index in [1.54, 1.807) is 25.3 Å². The highest BCUT2D eigenvalue weighted by atomic mass is 79.9. The summed E-state index contributed by atoms with van der Waals surface area (Å²) < 4.78 is 6.13. The molecule has 0 saturated heterocycles. The topological polar surface area (TPSA) is 58.8 Å². The molecule has 3 rings (SSSR count). The highest BCUT2D eigenvalue weighted by molar-refractivity contribution is 9.10. The van der Waals surface area contributed by atoms with Crippen molar-refractivity contribution < 1.29 is 4.74 Å². The molecule has 1 heterocycles. The average molecular weight is 330 g/mol. The molecule has 0 bridgehead atoms. The van der Waals surface area contributed by atoms with Crippen molar-refractivity contribution in [2.24, 2.45) is 0 Å². The predicted molar refractivity (Wildman–Crippen MR) is 78.4 cm³/mol. The van der Waals surface area contributed by atoms with Crippen molar-refractivity contribution in [3.05, 3.63) is 40.3 Å². The minimum Gasteiger partial charge on any atom is -0.496 e. The van der Waals surface area contributed by atoms with Gasteiger partial charge in [-0.2, -0.15) is 5.26 Å². The average Bonchev–Trinajstić information content (AvgIpc) is 3.30. The summed E-state index contributed by atoms with van der Waals surface area (Å²) in [6.45, 7) is 0. The lowest BCUT2D eigenvalue weighted by Gasteiger charge is -2.10. The molecule has 4 nitrogen and oxygen atoms in total. The molecule has 1 fully saturated rings. The Morgan fingerprint density at radius 2 is 2.10 bits per heavy atom. The third kappa shape index (κ3) is 2.52. The van der Waals surface area contributed by atoms with Crippen molar-refractivity contribution >= 4 is 15.9 Å². The molecule has 0 amide bonds. The molecule has 1 aromatic carbocycles. The Labute approximate surface area is 125 Å². The molecule has 1 aromatic heterocycles. The number of hydrogen-bond donors (Lipinski definition) is 0. The molecule has 2 aromatic rings. The molecule has 1 aliphatic rings. The van der Waals surface area contributed by atoms with E-state index >= 15 is 0 Å². The standard InChI is InChI=1S/C15H12BrN3O/c1-20-13-5-2-9(8-17)6-11(13)12-7-14(16)19-15(18-12)10-3-4-10/h2,5-7,10H,3-4H2,1H3. The van der Waals surface area contributed by atoms with Gasteiger partial charge in [0, 0.05) is 11.5 Å². The zero-order chi connectivity index (χ0) is 14.1. The van der Waals surface area contributed by atoms with Crippen molar-refractivity contribution in [3.63, 3.8) is 0 Å². The van der Waals surface area contributed by atoms with Crippen LogP contribution in [0.3, 0.4) is 0 Å². The summed E-state index contributed by atoms with van der Waals surface area (Å²) in [5.74, 6) is 2.03. The van der Waals surface area contributed by atoms with Crippen LogP contribution in [0, 0.1) is 11.3 Å². The van der Waals surface area contributed by atoms with Crippen molar-refractivity contribution in [1.82, 2.24) is 9.97 Å². The fourth-order valence-corrected chi connectivity index (χ4v) is 2.47. The number of nitriles is 1. The van der Waals surface area contributed by atoms with Gasteiger partial charge in [-0.15, -0.1) is 0 Å². The summed E-state index contributed by atoms with van der Waals surface area (Å²) in [7, 11) is 1.61. The summed E-state index contributed by atoms with van der Waals surface area (Å²) in [6.07, 6.45) is 2.29. The predicted octanol–water partition coefficient (Wildman–Crippen LogP) is 3.66. The van der Waals surface area contributed by atoms with Crippen molar-refractivity contribution in [2.75, 3.05) is 7.11 Å². The van der Waals surface area contributed by atoms with Gasteiger partial charge in [0.15, 0.2) is 0 Å². The first kappa shape index (κ1) is 13.1. The number of nitrogens with zero attached hydrogens (tertiary/aromatic N) is 3. The normalized spacial score (nSPS) is 13.8. The second-order valence-electron chi connectivity index (χ2n) is 4.74. The zero-order valence-electron chi connectivity index (χ0n) is 10.9. The molecule has 0 aliphatic heterocycles. The highest BCUT2D eigenvalue weighted by Gasteiger charge is 2.27. The Kier molecular flexibility index (Phi) is 3.41. The SMILES string of the molecule is COc1ccc(C#N)cc1-c1cc(Br)nc(C2CC2)n1. The second-order valence-corrected chi connectivity index (χ2v) is 5.55. The van der Waals surface area contributed by atoms with E-state index < -0.39 is 0 Å². The second kappa shape index (κ2) is 5.22. The lowest BCUT2D eigenvalue weighted by molar-refractivity contribution is 0.416. The van der Waals surface area contributed by atoms with E-state index in [-0.39, 0.29) is 0 Å². The minimum atomic E-state index is 0.469. The number of ether oxygens (including phenoxy) is 1. The van der Waals surface area contributed by atoms with Gasteiger partial charge < -0.3 is 4.74 Å². The van der Waals surface area contributed by atoms with Crippen molar-refractivity contribution in [1.29, 1.82) is 5.26 Å². The van der Waals surface area contributed by atoms with Gasteiger partial charge >= 0.3 is 0 Å². The molecular weight excluding hydrogens is 318 g/mol. The van der Waals surface area contributed by atoms with Crippen LogP contribution in [0.15, 0.2) is 28.9 Å². The van der Waals surface area contributed by atoms with E-state index in [2.05, 4.69) is 32.0 Å². The van der Waals surface area contributed by atoms with E-state index in [0.29, 0.717) is 17.2 Å². The zero-order valence-corrected chi connectivity index (χ0v) is 12.5. The number of benzene rings is 1. The van der Waals surface area contributed by atoms with E-state index in [1.165, 1.54) is 0 Å². The van der Waals surface area contributed by atoms with Gasteiger partial charge in [0.1, 0.15) is 16.2 Å². The summed E-state index contributed by atoms with van der Waals surface area (Å²) in [4.78, 5) is 9.04. The van der Waals surface area contributed by atoms with E-state index in [9.17, 15) is 0 Å². The van der Waals surface area contributed by atoms with Crippen molar-refractivity contribution in [3.8, 4) is 23.1 Å². The smallest absolute Gasteiger partial charge is 0.133 e. The summed E-state index contributed by atoms with van der Waals surface area (Å²) >= 11 is 3.43. The first-order valence-corrected chi connectivity index (χ1v) is 7.13. The number of hydrogen-bond acceptors (Lipinski definition) is 4. The molecular formula is C15H12BrN3O. The molecule has 0 N–H and O–H groups in total. The van der Waals surface area contributed by atoms with Crippen LogP contribution < -0.4 is 4.74 Å². The van der Waals surface area contributed by atoms with Gasteiger partial charge in [0.05, 0.1) is 24.4 Å². The fourth-order valence-electron chi connectivity index (χ4n) is 2.07. The molecule has 1 aliphatic carbocycles. The number of aromatic nitrogens is 2. The minimum absolute atomic E-state index is 0.469. The van der Waals surface area contributed by atoms with Gasteiger partial charge in [-0.05, 0) is 53.0 Å². The van der Waals surface area contributed by atoms with Gasteiger partial charge in [0.2, 0.25) is 0 Å². The molecule has 100 valence electrons. The van der Waals surface area contributed by atoms with E-state index in [1.807, 2.05) is 6.07 Å². The maximum absolute atomic E-state index is 9.05. The first-order chi connectivity index (χ1) is 9.71. The Hall–Kier alpha value is -1.93. The van der Waals surface area contributed by atoms with Crippen LogP contribution >= 0.6 is 15.9 Å². The van der Waals surface area contributed by atoms with E-state index in [0.717, 1.165) is 34.5 Å². The lowest BCUT2D eigenvalue weighted by Crippen LogP contribution is -1.97. The molecule has 0 unspecified atom stereocenters. The third-order valence-electron chi connectivity index (χ3n) is 3.26. The van der Waals surface area contributed by atoms with Crippen LogP contribution in [0.5, 0.6) is 5.75 Å². The van der Waals surface area contributed by atoms with Gasteiger partial charge in [-0.3, -0.25) is 0 Å². The van der Waals surface area contributed by atoms with Crippen LogP contribution in [-0.4, -0.2) is 17.1 Å². The molecule has 0 atom stereocenters. The maximum Gasteiger partial charge on any atom is 0.133 e. The third-order valence-corrected chi connectivity index (χ3v) is 3.67. The maximum atomic E-state index is 9.05. The van der Waals surface area contributed by atoms with Crippen LogP contribution in [0.1, 0.15) is 30.1 Å². The lowest BCUT2D eigenvalue weighted by atomic mass is 10.1. The molecule has 0 radical (unpaired) electrons. The number of methoxy groups -OCH3 is 1. The van der Waals surface area contributed by atoms with Crippen LogP contribution in [0.4, 0.5) is 0 Å². The van der Waals surface area contributed by atoms with Crippen LogP contribution in [0.2, 0.25) is 0 Å². The van der Waals surface area contributed by atoms with E-state index in [4.69, 9.17) is 10.00 Å². The monoisotopic (exact) mass is 329 g/mol. The highest BCUT2D eigenvalue weighted by Crippen LogP contribution is 2.40. The van der Waals surface area contributed by atoms with Crippen LogP contribution in [-0.2, 0) is 0 Å². The largest absolute Gasteiger partial charge is 0.496 e. The van der Waals surface area contributed by atoms with Crippen LogP contribution in [0.25, 0.3) is 11.3 Å². The molecule has 20 heavy (non-hydrogen) atoms. The van der Waals surface area contributed by atoms with Gasteiger partial charge in [0.25, 0.3) is 0 Å². The summed E-state index contributed by atoms with van der Waals surface area (Å²) in [5.41, 5.74) is 2.18. The molecule has 0 spiro atoms. The number of rotatable bonds is 3. The molecule has 5 heteroatoms. The Morgan fingerprint density at radius 1 is 1.30 bits per heavy atom. The summed E-state index contributed by atoms with van der Waals surface area (Å²) in [6, 6.07) is 9.32. The Morgan fingerprint density at radius 3 is 2.75 bits per heavy atom. The fraction of sp³-hybridized carbons (Fsp3) is 0.267. The van der Waals surface area contributed by atoms with Gasteiger partial charge in [-0.1, -0.05) is 0 Å². The molecule has 1 saturated carbocycles. The Bertz CT molecular complexity index is 705. The Balaban J connectivity index is 2.14. The first-order valence-electron chi connectivity index (χ1n) is 6.34. The quantitative estimate of drug-likeness (QED) is 0.806. The summed E-state index contributed by atoms with van der Waals surface area (Å²) in [5, 5.41) is 9.05. The van der Waals surface area contributed by atoms with Gasteiger partial charge in [-0.25, -0.2) is 9.97 Å². The number of halogens is 1. The van der Waals surface area contributed by atoms with Crippen molar-refractivity contribution in [2.45, 2.75) is 18.8 Å².